The fourth-order valence-corrected chi connectivity index (χ4v) is 2.44. The van der Waals surface area contributed by atoms with E-state index in [9.17, 15) is 4.79 Å². The summed E-state index contributed by atoms with van der Waals surface area (Å²) in [4.78, 5) is 11.2. The average Bonchev–Trinajstić information content (AvgIpc) is 2.17. The molecule has 1 nitrogen and oxygen atoms in total. The molecule has 0 radical (unpaired) electrons. The van der Waals surface area contributed by atoms with E-state index in [1.165, 1.54) is 32.1 Å². The predicted molar refractivity (Wildman–Crippen MR) is 55.6 cm³/mol. The molecule has 1 saturated carbocycles. The highest BCUT2D eigenvalue weighted by molar-refractivity contribution is 5.78. The van der Waals surface area contributed by atoms with Gasteiger partial charge in [0.2, 0.25) is 0 Å². The van der Waals surface area contributed by atoms with Crippen LogP contribution in [0, 0.1) is 17.8 Å². The topological polar surface area (TPSA) is 17.1 Å². The Labute approximate surface area is 81.9 Å². The smallest absolute Gasteiger partial charge is 0.132 e. The van der Waals surface area contributed by atoms with Gasteiger partial charge in [-0.1, -0.05) is 46.0 Å². The first-order chi connectivity index (χ1) is 6.13. The summed E-state index contributed by atoms with van der Waals surface area (Å²) in [7, 11) is 0. The predicted octanol–water partition coefficient (Wildman–Crippen LogP) is 3.43. The van der Waals surface area contributed by atoms with Crippen LogP contribution < -0.4 is 0 Å². The summed E-state index contributed by atoms with van der Waals surface area (Å²) in [6.45, 7) is 6.06. The van der Waals surface area contributed by atoms with Crippen LogP contribution in [0.1, 0.15) is 52.9 Å². The van der Waals surface area contributed by atoms with Gasteiger partial charge in [0, 0.05) is 5.92 Å². The zero-order valence-electron chi connectivity index (χ0n) is 9.18. The summed E-state index contributed by atoms with van der Waals surface area (Å²) in [6, 6.07) is 0. The Morgan fingerprint density at radius 3 is 2.15 bits per heavy atom. The highest BCUT2D eigenvalue weighted by atomic mass is 16.1. The van der Waals surface area contributed by atoms with Crippen molar-refractivity contribution in [3.05, 3.63) is 0 Å². The molecule has 1 heteroatoms. The summed E-state index contributed by atoms with van der Waals surface area (Å²) in [6.07, 6.45) is 6.84. The molecule has 0 aromatic heterocycles. The Morgan fingerprint density at radius 1 is 1.15 bits per heavy atom. The fraction of sp³-hybridized carbons (Fsp3) is 0.917. The van der Waals surface area contributed by atoms with Crippen molar-refractivity contribution >= 4 is 5.78 Å². The van der Waals surface area contributed by atoms with Crippen LogP contribution in [-0.4, -0.2) is 5.78 Å². The quantitative estimate of drug-likeness (QED) is 0.653. The van der Waals surface area contributed by atoms with Crippen LogP contribution in [0.3, 0.4) is 0 Å². The van der Waals surface area contributed by atoms with Crippen LogP contribution in [-0.2, 0) is 4.79 Å². The van der Waals surface area contributed by atoms with Crippen molar-refractivity contribution < 1.29 is 4.79 Å². The molecule has 2 atom stereocenters. The second-order valence-electron chi connectivity index (χ2n) is 4.66. The van der Waals surface area contributed by atoms with Crippen LogP contribution >= 0.6 is 0 Å². The van der Waals surface area contributed by atoms with Gasteiger partial charge < -0.3 is 0 Å². The van der Waals surface area contributed by atoms with Crippen molar-refractivity contribution in [3.8, 4) is 0 Å². The number of Topliss-reactive ketones (excluding diaryl/α,β-unsaturated/α-hetero) is 1. The van der Waals surface area contributed by atoms with Gasteiger partial charge >= 0.3 is 0 Å². The van der Waals surface area contributed by atoms with Gasteiger partial charge in [-0.3, -0.25) is 4.79 Å². The van der Waals surface area contributed by atoms with E-state index < -0.39 is 0 Å². The molecule has 1 fully saturated rings. The second kappa shape index (κ2) is 4.78. The van der Waals surface area contributed by atoms with Crippen LogP contribution in [0.2, 0.25) is 0 Å². The van der Waals surface area contributed by atoms with Gasteiger partial charge in [0.05, 0.1) is 0 Å². The Morgan fingerprint density at radius 2 is 1.69 bits per heavy atom. The highest BCUT2D eigenvalue weighted by Crippen LogP contribution is 2.33. The lowest BCUT2D eigenvalue weighted by molar-refractivity contribution is -0.122. The van der Waals surface area contributed by atoms with E-state index in [4.69, 9.17) is 0 Å². The Kier molecular flexibility index (Phi) is 3.95. The summed E-state index contributed by atoms with van der Waals surface area (Å²) in [5.41, 5.74) is 0. The molecule has 2 unspecified atom stereocenters. The van der Waals surface area contributed by atoms with Gasteiger partial charge in [-0.25, -0.2) is 0 Å². The minimum absolute atomic E-state index is 0.267. The number of ketones is 1. The summed E-state index contributed by atoms with van der Waals surface area (Å²) in [5, 5.41) is 0. The lowest BCUT2D eigenvalue weighted by atomic mass is 9.75. The fourth-order valence-electron chi connectivity index (χ4n) is 2.44. The van der Waals surface area contributed by atoms with E-state index in [1.54, 1.807) is 6.92 Å². The number of rotatable bonds is 3. The van der Waals surface area contributed by atoms with E-state index in [0.717, 1.165) is 5.92 Å². The zero-order chi connectivity index (χ0) is 9.84. The normalized spacial score (nSPS) is 23.9. The largest absolute Gasteiger partial charge is 0.300 e. The lowest BCUT2D eigenvalue weighted by Gasteiger charge is -2.30. The Balaban J connectivity index is 2.44. The lowest BCUT2D eigenvalue weighted by Crippen LogP contribution is -2.25. The van der Waals surface area contributed by atoms with Crippen molar-refractivity contribution in [2.24, 2.45) is 17.8 Å². The third-order valence-corrected chi connectivity index (χ3v) is 3.82. The van der Waals surface area contributed by atoms with E-state index in [1.807, 2.05) is 0 Å². The van der Waals surface area contributed by atoms with E-state index in [0.29, 0.717) is 11.7 Å². The molecular formula is C12H22O. The third-order valence-electron chi connectivity index (χ3n) is 3.82. The van der Waals surface area contributed by atoms with Gasteiger partial charge in [0.25, 0.3) is 0 Å². The van der Waals surface area contributed by atoms with Crippen LogP contribution in [0.25, 0.3) is 0 Å². The number of carbonyl (C=O) groups is 1. The average molecular weight is 182 g/mol. The zero-order valence-corrected chi connectivity index (χ0v) is 9.18. The van der Waals surface area contributed by atoms with Crippen molar-refractivity contribution in [2.75, 3.05) is 0 Å². The number of hydrogen-bond donors (Lipinski definition) is 0. The maximum Gasteiger partial charge on any atom is 0.132 e. The van der Waals surface area contributed by atoms with Crippen molar-refractivity contribution in [1.29, 1.82) is 0 Å². The Bertz CT molecular complexity index is 168. The molecule has 1 aliphatic rings. The number of hydrogen-bond acceptors (Lipinski definition) is 1. The van der Waals surface area contributed by atoms with Gasteiger partial charge in [-0.15, -0.1) is 0 Å². The highest BCUT2D eigenvalue weighted by Gasteiger charge is 2.26. The number of carbonyl (C=O) groups excluding carboxylic acids is 1. The van der Waals surface area contributed by atoms with E-state index >= 15 is 0 Å². The molecule has 13 heavy (non-hydrogen) atoms. The van der Waals surface area contributed by atoms with Crippen molar-refractivity contribution in [2.45, 2.75) is 52.9 Å². The first kappa shape index (κ1) is 10.7. The van der Waals surface area contributed by atoms with Crippen molar-refractivity contribution in [3.63, 3.8) is 0 Å². The molecule has 1 aliphatic carbocycles. The van der Waals surface area contributed by atoms with Crippen LogP contribution in [0.5, 0.6) is 0 Å². The SMILES string of the molecule is CC(=O)C(C)C(C)C1CCCCC1. The molecule has 0 saturated heterocycles. The molecule has 1 rings (SSSR count). The van der Waals surface area contributed by atoms with E-state index in [2.05, 4.69) is 13.8 Å². The van der Waals surface area contributed by atoms with E-state index in [-0.39, 0.29) is 5.92 Å². The molecule has 0 N–H and O–H groups in total. The van der Waals surface area contributed by atoms with Gasteiger partial charge in [0.15, 0.2) is 0 Å². The molecule has 0 aliphatic heterocycles. The van der Waals surface area contributed by atoms with Gasteiger partial charge in [-0.2, -0.15) is 0 Å². The summed E-state index contributed by atoms with van der Waals surface area (Å²) >= 11 is 0. The molecule has 0 aromatic carbocycles. The molecule has 0 heterocycles. The summed E-state index contributed by atoms with van der Waals surface area (Å²) < 4.78 is 0. The first-order valence-corrected chi connectivity index (χ1v) is 5.63. The molecule has 0 amide bonds. The van der Waals surface area contributed by atoms with Gasteiger partial charge in [-0.05, 0) is 18.8 Å². The van der Waals surface area contributed by atoms with Gasteiger partial charge in [0.1, 0.15) is 5.78 Å². The third kappa shape index (κ3) is 2.82. The maximum atomic E-state index is 11.2. The minimum atomic E-state index is 0.267. The second-order valence-corrected chi connectivity index (χ2v) is 4.66. The minimum Gasteiger partial charge on any atom is -0.300 e. The first-order valence-electron chi connectivity index (χ1n) is 5.63. The standard InChI is InChI=1S/C12H22O/c1-9(11(3)13)10(2)12-7-5-4-6-8-12/h9-10,12H,4-8H2,1-3H3. The van der Waals surface area contributed by atoms with Crippen LogP contribution in [0.4, 0.5) is 0 Å². The summed E-state index contributed by atoms with van der Waals surface area (Å²) in [5.74, 6) is 2.03. The van der Waals surface area contributed by atoms with Crippen molar-refractivity contribution in [1.82, 2.24) is 0 Å². The molecule has 0 aromatic rings. The Hall–Kier alpha value is -0.330. The van der Waals surface area contributed by atoms with Crippen LogP contribution in [0.15, 0.2) is 0 Å². The molecule has 0 spiro atoms. The molecule has 76 valence electrons. The molecule has 0 bridgehead atoms. The molecular weight excluding hydrogens is 160 g/mol. The maximum absolute atomic E-state index is 11.2. The monoisotopic (exact) mass is 182 g/mol.